The first-order chi connectivity index (χ1) is 14.9. The van der Waals surface area contributed by atoms with Crippen molar-refractivity contribution in [2.75, 3.05) is 25.6 Å². The van der Waals surface area contributed by atoms with Crippen molar-refractivity contribution in [3.63, 3.8) is 0 Å². The maximum absolute atomic E-state index is 12.8. The molecule has 0 bridgehead atoms. The number of nitrogens with zero attached hydrogens (tertiary/aromatic N) is 3. The number of unbranched alkanes of at least 4 members (excludes halogenated alkanes) is 1. The second-order valence-corrected chi connectivity index (χ2v) is 8.55. The van der Waals surface area contributed by atoms with Gasteiger partial charge in [0, 0.05) is 25.3 Å². The second kappa shape index (κ2) is 10.4. The van der Waals surface area contributed by atoms with Crippen molar-refractivity contribution in [2.24, 2.45) is 4.99 Å². The molecule has 3 aromatic rings. The largest absolute Gasteiger partial charge is 0.465 e. The normalized spacial score (nSPS) is 11.7. The predicted octanol–water partition coefficient (Wildman–Crippen LogP) is 4.42. The highest BCUT2D eigenvalue weighted by Gasteiger charge is 2.13. The molecule has 0 fully saturated rings. The summed E-state index contributed by atoms with van der Waals surface area (Å²) in [5.41, 5.74) is 3.65. The Morgan fingerprint density at radius 2 is 1.84 bits per heavy atom. The summed E-state index contributed by atoms with van der Waals surface area (Å²) < 4.78 is 7.91. The Labute approximate surface area is 186 Å². The minimum absolute atomic E-state index is 0.0217. The summed E-state index contributed by atoms with van der Waals surface area (Å²) in [7, 11) is 3.90. The van der Waals surface area contributed by atoms with Crippen molar-refractivity contribution < 1.29 is 14.3 Å². The molecule has 0 N–H and O–H groups in total. The Kier molecular flexibility index (Phi) is 7.63. The van der Waals surface area contributed by atoms with Crippen LogP contribution in [0.3, 0.4) is 0 Å². The van der Waals surface area contributed by atoms with Crippen molar-refractivity contribution in [1.29, 1.82) is 0 Å². The van der Waals surface area contributed by atoms with Gasteiger partial charge in [0.25, 0.3) is 5.91 Å². The number of ether oxygens (including phenoxy) is 1. The van der Waals surface area contributed by atoms with E-state index in [1.165, 1.54) is 16.9 Å². The SMILES string of the molecule is CCCCc1ccc2c(c1)sc(=NC(=O)c1ccc(N(C)C)cc1)n2CC(=O)OCC. The lowest BCUT2D eigenvalue weighted by Crippen LogP contribution is -2.23. The summed E-state index contributed by atoms with van der Waals surface area (Å²) in [6, 6.07) is 13.5. The number of rotatable bonds is 8. The van der Waals surface area contributed by atoms with Crippen LogP contribution < -0.4 is 9.70 Å². The highest BCUT2D eigenvalue weighted by molar-refractivity contribution is 7.16. The Morgan fingerprint density at radius 1 is 1.10 bits per heavy atom. The van der Waals surface area contributed by atoms with E-state index in [1.54, 1.807) is 23.6 Å². The molecule has 0 radical (unpaired) electrons. The summed E-state index contributed by atoms with van der Waals surface area (Å²) in [6.45, 7) is 4.28. The molecule has 1 heterocycles. The van der Waals surface area contributed by atoms with Crippen LogP contribution in [-0.2, 0) is 22.5 Å². The number of thiazole rings is 1. The quantitative estimate of drug-likeness (QED) is 0.488. The molecule has 0 spiro atoms. The third-order valence-corrected chi connectivity index (χ3v) is 6.03. The number of hydrogen-bond acceptors (Lipinski definition) is 5. The van der Waals surface area contributed by atoms with Gasteiger partial charge in [-0.25, -0.2) is 0 Å². The van der Waals surface area contributed by atoms with Crippen LogP contribution in [0.25, 0.3) is 10.2 Å². The maximum atomic E-state index is 12.8. The first-order valence-corrected chi connectivity index (χ1v) is 11.4. The van der Waals surface area contributed by atoms with Crippen molar-refractivity contribution in [3.05, 3.63) is 58.4 Å². The van der Waals surface area contributed by atoms with Crippen LogP contribution in [0, 0.1) is 0 Å². The molecule has 1 amide bonds. The van der Waals surface area contributed by atoms with Gasteiger partial charge in [-0.15, -0.1) is 0 Å². The third kappa shape index (κ3) is 5.61. The summed E-state index contributed by atoms with van der Waals surface area (Å²) in [6.07, 6.45) is 3.26. The molecular weight excluding hydrogens is 410 g/mol. The molecule has 0 aliphatic rings. The highest BCUT2D eigenvalue weighted by atomic mass is 32.1. The minimum Gasteiger partial charge on any atom is -0.465 e. The van der Waals surface area contributed by atoms with E-state index in [0.29, 0.717) is 17.0 Å². The van der Waals surface area contributed by atoms with Crippen molar-refractivity contribution in [2.45, 2.75) is 39.7 Å². The molecule has 0 unspecified atom stereocenters. The van der Waals surface area contributed by atoms with Gasteiger partial charge in [0.2, 0.25) is 0 Å². The van der Waals surface area contributed by atoms with E-state index in [-0.39, 0.29) is 18.4 Å². The average Bonchev–Trinajstić information content (AvgIpc) is 3.08. The van der Waals surface area contributed by atoms with Gasteiger partial charge >= 0.3 is 5.97 Å². The molecule has 0 aliphatic heterocycles. The van der Waals surface area contributed by atoms with E-state index in [0.717, 1.165) is 35.2 Å². The topological polar surface area (TPSA) is 63.9 Å². The lowest BCUT2D eigenvalue weighted by molar-refractivity contribution is -0.143. The number of fused-ring (bicyclic) bond motifs is 1. The van der Waals surface area contributed by atoms with Crippen molar-refractivity contribution >= 4 is 39.1 Å². The minimum atomic E-state index is -0.346. The van der Waals surface area contributed by atoms with Gasteiger partial charge in [0.05, 0.1) is 16.8 Å². The second-order valence-electron chi connectivity index (χ2n) is 7.54. The zero-order valence-corrected chi connectivity index (χ0v) is 19.4. The lowest BCUT2D eigenvalue weighted by Gasteiger charge is -2.11. The molecule has 7 heteroatoms. The molecule has 31 heavy (non-hydrogen) atoms. The van der Waals surface area contributed by atoms with E-state index in [2.05, 4.69) is 24.0 Å². The van der Waals surface area contributed by atoms with Crippen LogP contribution >= 0.6 is 11.3 Å². The number of hydrogen-bond donors (Lipinski definition) is 0. The molecule has 0 aliphatic carbocycles. The van der Waals surface area contributed by atoms with Gasteiger partial charge in [0.1, 0.15) is 6.54 Å². The van der Waals surface area contributed by atoms with E-state index in [1.807, 2.05) is 37.2 Å². The van der Waals surface area contributed by atoms with Crippen LogP contribution in [0.4, 0.5) is 5.69 Å². The number of carbonyl (C=O) groups excluding carboxylic acids is 2. The zero-order valence-electron chi connectivity index (χ0n) is 18.6. The number of amides is 1. The number of carbonyl (C=O) groups is 2. The summed E-state index contributed by atoms with van der Waals surface area (Å²) in [5, 5.41) is 0. The Balaban J connectivity index is 2.02. The average molecular weight is 440 g/mol. The summed E-state index contributed by atoms with van der Waals surface area (Å²) in [4.78, 5) is 31.9. The van der Waals surface area contributed by atoms with Crippen molar-refractivity contribution in [1.82, 2.24) is 4.57 Å². The smallest absolute Gasteiger partial charge is 0.326 e. The number of aromatic nitrogens is 1. The van der Waals surface area contributed by atoms with Crippen LogP contribution in [0.15, 0.2) is 47.5 Å². The van der Waals surface area contributed by atoms with Crippen LogP contribution in [0.2, 0.25) is 0 Å². The molecular formula is C24H29N3O3S. The van der Waals surface area contributed by atoms with Gasteiger partial charge in [-0.1, -0.05) is 30.7 Å². The van der Waals surface area contributed by atoms with Gasteiger partial charge in [0.15, 0.2) is 4.80 Å². The number of aryl methyl sites for hydroxylation is 1. The zero-order chi connectivity index (χ0) is 22.4. The van der Waals surface area contributed by atoms with Gasteiger partial charge in [-0.05, 0) is 61.7 Å². The van der Waals surface area contributed by atoms with Gasteiger partial charge < -0.3 is 14.2 Å². The Morgan fingerprint density at radius 3 is 2.48 bits per heavy atom. The third-order valence-electron chi connectivity index (χ3n) is 4.99. The lowest BCUT2D eigenvalue weighted by atomic mass is 10.1. The monoisotopic (exact) mass is 439 g/mol. The molecule has 6 nitrogen and oxygen atoms in total. The van der Waals surface area contributed by atoms with E-state index in [9.17, 15) is 9.59 Å². The fraction of sp³-hybridized carbons (Fsp3) is 0.375. The van der Waals surface area contributed by atoms with E-state index in [4.69, 9.17) is 4.74 Å². The standard InChI is InChI=1S/C24H29N3O3S/c1-5-7-8-17-9-14-20-21(15-17)31-24(27(20)16-22(28)30-6-2)25-23(29)18-10-12-19(13-11-18)26(3)4/h9-15H,5-8,16H2,1-4H3. The first-order valence-electron chi connectivity index (χ1n) is 10.6. The van der Waals surface area contributed by atoms with E-state index >= 15 is 0 Å². The summed E-state index contributed by atoms with van der Waals surface area (Å²) in [5.74, 6) is -0.679. The van der Waals surface area contributed by atoms with E-state index < -0.39 is 0 Å². The Hall–Kier alpha value is -2.93. The summed E-state index contributed by atoms with van der Waals surface area (Å²) >= 11 is 1.42. The number of benzene rings is 2. The molecule has 0 atom stereocenters. The molecule has 0 saturated carbocycles. The molecule has 2 aromatic carbocycles. The molecule has 1 aromatic heterocycles. The molecule has 0 saturated heterocycles. The predicted molar refractivity (Wildman–Crippen MR) is 126 cm³/mol. The van der Waals surface area contributed by atoms with Gasteiger partial charge in [-0.2, -0.15) is 4.99 Å². The van der Waals surface area contributed by atoms with Crippen LogP contribution in [0.5, 0.6) is 0 Å². The Bertz CT molecular complexity index is 1130. The number of anilines is 1. The van der Waals surface area contributed by atoms with Gasteiger partial charge in [-0.3, -0.25) is 9.59 Å². The highest BCUT2D eigenvalue weighted by Crippen LogP contribution is 2.21. The van der Waals surface area contributed by atoms with Crippen LogP contribution in [-0.4, -0.2) is 37.1 Å². The van der Waals surface area contributed by atoms with Crippen LogP contribution in [0.1, 0.15) is 42.6 Å². The number of esters is 1. The first kappa shape index (κ1) is 22.7. The maximum Gasteiger partial charge on any atom is 0.326 e. The van der Waals surface area contributed by atoms with Crippen molar-refractivity contribution in [3.8, 4) is 0 Å². The molecule has 3 rings (SSSR count). The molecule has 164 valence electrons. The fourth-order valence-corrected chi connectivity index (χ4v) is 4.37. The fourth-order valence-electron chi connectivity index (χ4n) is 3.28.